The number of nitrogens with one attached hydrogen (secondary N) is 1. The molecule has 1 aromatic rings. The number of carboxylic acid groups (broad SMARTS) is 1. The zero-order valence-corrected chi connectivity index (χ0v) is 19.0. The molecule has 1 amide bonds. The van der Waals surface area contributed by atoms with Crippen molar-refractivity contribution in [2.45, 2.75) is 76.5 Å². The molecule has 8 heteroatoms. The normalized spacial score (nSPS) is 24.1. The molecule has 1 saturated carbocycles. The summed E-state index contributed by atoms with van der Waals surface area (Å²) >= 11 is 0. The molecule has 5 atom stereocenters. The van der Waals surface area contributed by atoms with E-state index in [0.29, 0.717) is 19.3 Å². The van der Waals surface area contributed by atoms with Gasteiger partial charge in [-0.25, -0.2) is 4.79 Å². The molecule has 1 aliphatic carbocycles. The second-order valence-corrected chi connectivity index (χ2v) is 8.31. The van der Waals surface area contributed by atoms with Crippen molar-refractivity contribution < 1.29 is 24.2 Å². The molecule has 3 rings (SSSR count). The van der Waals surface area contributed by atoms with E-state index in [0.717, 1.165) is 24.8 Å². The van der Waals surface area contributed by atoms with Crippen LogP contribution in [0.2, 0.25) is 0 Å². The van der Waals surface area contributed by atoms with E-state index in [4.69, 9.17) is 4.74 Å². The Balaban J connectivity index is 0.00000341. The van der Waals surface area contributed by atoms with E-state index >= 15 is 0 Å². The fourth-order valence-corrected chi connectivity index (χ4v) is 4.89. The van der Waals surface area contributed by atoms with Crippen molar-refractivity contribution in [2.24, 2.45) is 5.92 Å². The monoisotopic (exact) mass is 452 g/mol. The third kappa shape index (κ3) is 5.98. The summed E-state index contributed by atoms with van der Waals surface area (Å²) in [7, 11) is 0. The Morgan fingerprint density at radius 3 is 2.58 bits per heavy atom. The zero-order valence-electron chi connectivity index (χ0n) is 18.2. The minimum atomic E-state index is -0.948. The highest BCUT2D eigenvalue weighted by Crippen LogP contribution is 2.41. The Morgan fingerprint density at radius 2 is 1.94 bits per heavy atom. The van der Waals surface area contributed by atoms with E-state index in [1.807, 2.05) is 30.3 Å². The summed E-state index contributed by atoms with van der Waals surface area (Å²) in [6.45, 7) is 3.72. The van der Waals surface area contributed by atoms with Gasteiger partial charge in [0.1, 0.15) is 12.1 Å². The van der Waals surface area contributed by atoms with E-state index in [1.165, 1.54) is 0 Å². The first kappa shape index (κ1) is 25.1. The number of carboxylic acids is 1. The lowest BCUT2D eigenvalue weighted by atomic mass is 10.0. The molecule has 7 nitrogen and oxygen atoms in total. The molecule has 1 aromatic carbocycles. The van der Waals surface area contributed by atoms with Gasteiger partial charge in [-0.15, -0.1) is 12.4 Å². The number of carbonyl (C=O) groups is 3. The van der Waals surface area contributed by atoms with Crippen LogP contribution < -0.4 is 5.32 Å². The average Bonchev–Trinajstić information content (AvgIpc) is 3.32. The highest BCUT2D eigenvalue weighted by atomic mass is 35.5. The summed E-state index contributed by atoms with van der Waals surface area (Å²) in [6, 6.07) is 7.76. The topological polar surface area (TPSA) is 95.9 Å². The van der Waals surface area contributed by atoms with Gasteiger partial charge in [-0.05, 0) is 57.4 Å². The predicted molar refractivity (Wildman–Crippen MR) is 119 cm³/mol. The van der Waals surface area contributed by atoms with Gasteiger partial charge in [0.25, 0.3) is 0 Å². The summed E-state index contributed by atoms with van der Waals surface area (Å²) in [5.74, 6) is -1.31. The summed E-state index contributed by atoms with van der Waals surface area (Å²) < 4.78 is 5.21. The Kier molecular flexibility index (Phi) is 9.32. The Hall–Kier alpha value is -2.12. The molecule has 1 unspecified atom stereocenters. The molecule has 1 aliphatic heterocycles. The van der Waals surface area contributed by atoms with Crippen LogP contribution in [0.3, 0.4) is 0 Å². The van der Waals surface area contributed by atoms with Crippen LogP contribution in [0.5, 0.6) is 0 Å². The third-order valence-corrected chi connectivity index (χ3v) is 6.33. The molecule has 1 saturated heterocycles. The van der Waals surface area contributed by atoms with Gasteiger partial charge in [-0.1, -0.05) is 36.8 Å². The highest BCUT2D eigenvalue weighted by Gasteiger charge is 2.49. The number of amides is 1. The molecule has 0 spiro atoms. The van der Waals surface area contributed by atoms with E-state index in [-0.39, 0.29) is 42.9 Å². The van der Waals surface area contributed by atoms with E-state index in [9.17, 15) is 19.5 Å². The summed E-state index contributed by atoms with van der Waals surface area (Å²) in [5.41, 5.74) is 1.10. The zero-order chi connectivity index (χ0) is 21.7. The number of fused-ring (bicyclic) bond motifs is 1. The molecular weight excluding hydrogens is 420 g/mol. The largest absolute Gasteiger partial charge is 0.480 e. The lowest BCUT2D eigenvalue weighted by molar-refractivity contribution is -0.151. The minimum Gasteiger partial charge on any atom is -0.480 e. The lowest BCUT2D eigenvalue weighted by Crippen LogP contribution is -2.55. The Morgan fingerprint density at radius 1 is 1.23 bits per heavy atom. The average molecular weight is 453 g/mol. The number of nitrogens with zero attached hydrogens (tertiary/aromatic N) is 1. The molecule has 2 fully saturated rings. The van der Waals surface area contributed by atoms with Gasteiger partial charge in [0.2, 0.25) is 5.91 Å². The van der Waals surface area contributed by atoms with Gasteiger partial charge < -0.3 is 14.7 Å². The van der Waals surface area contributed by atoms with Gasteiger partial charge in [-0.2, -0.15) is 0 Å². The first-order valence-corrected chi connectivity index (χ1v) is 10.9. The van der Waals surface area contributed by atoms with Gasteiger partial charge in [0.05, 0.1) is 12.6 Å². The molecule has 0 bridgehead atoms. The third-order valence-electron chi connectivity index (χ3n) is 6.33. The smallest absolute Gasteiger partial charge is 0.326 e. The molecule has 2 aliphatic rings. The van der Waals surface area contributed by atoms with E-state index in [2.05, 4.69) is 5.32 Å². The predicted octanol–water partition coefficient (Wildman–Crippen LogP) is 2.81. The van der Waals surface area contributed by atoms with Gasteiger partial charge in [-0.3, -0.25) is 14.9 Å². The first-order chi connectivity index (χ1) is 14.4. The maximum atomic E-state index is 13.2. The maximum Gasteiger partial charge on any atom is 0.326 e. The number of halogens is 1. The number of hydrogen-bond acceptors (Lipinski definition) is 5. The first-order valence-electron chi connectivity index (χ1n) is 10.9. The molecule has 31 heavy (non-hydrogen) atoms. The van der Waals surface area contributed by atoms with Crippen LogP contribution in [0.4, 0.5) is 0 Å². The minimum absolute atomic E-state index is 0. The fourth-order valence-electron chi connectivity index (χ4n) is 4.89. The molecule has 0 radical (unpaired) electrons. The van der Waals surface area contributed by atoms with Crippen LogP contribution in [0.1, 0.15) is 51.5 Å². The van der Waals surface area contributed by atoms with Crippen molar-refractivity contribution in [3.63, 3.8) is 0 Å². The van der Waals surface area contributed by atoms with Crippen molar-refractivity contribution >= 4 is 30.3 Å². The molecular formula is C23H33ClN2O5. The van der Waals surface area contributed by atoms with Gasteiger partial charge >= 0.3 is 11.9 Å². The number of esters is 1. The fraction of sp³-hybridized carbons (Fsp3) is 0.609. The van der Waals surface area contributed by atoms with Crippen molar-refractivity contribution in [2.75, 3.05) is 6.61 Å². The molecule has 172 valence electrons. The maximum absolute atomic E-state index is 13.2. The number of benzene rings is 1. The van der Waals surface area contributed by atoms with Crippen molar-refractivity contribution in [3.05, 3.63) is 35.9 Å². The van der Waals surface area contributed by atoms with Crippen molar-refractivity contribution in [3.8, 4) is 0 Å². The number of hydrogen-bond donors (Lipinski definition) is 2. The number of aryl methyl sites for hydroxylation is 1. The number of rotatable bonds is 9. The lowest BCUT2D eigenvalue weighted by Gasteiger charge is -2.31. The van der Waals surface area contributed by atoms with Crippen molar-refractivity contribution in [1.82, 2.24) is 10.2 Å². The SMILES string of the molecule is CCOC(=O)[C@H](CCc1ccccc1)N[C@@H](C)C(=O)N1C(C(=O)O)C[C@H]2CCC[C@H]21.Cl. The number of carbonyl (C=O) groups excluding carboxylic acids is 2. The van der Waals surface area contributed by atoms with Crippen LogP contribution in [-0.2, 0) is 25.5 Å². The second-order valence-electron chi connectivity index (χ2n) is 8.31. The summed E-state index contributed by atoms with van der Waals surface area (Å²) in [6.07, 6.45) is 4.54. The number of aliphatic carboxylic acids is 1. The summed E-state index contributed by atoms with van der Waals surface area (Å²) in [5, 5.41) is 12.8. The molecule has 1 heterocycles. The van der Waals surface area contributed by atoms with Gasteiger partial charge in [0, 0.05) is 6.04 Å². The van der Waals surface area contributed by atoms with Gasteiger partial charge in [0.15, 0.2) is 0 Å². The molecule has 2 N–H and O–H groups in total. The molecule has 0 aromatic heterocycles. The van der Waals surface area contributed by atoms with Crippen LogP contribution in [0, 0.1) is 5.92 Å². The van der Waals surface area contributed by atoms with E-state index < -0.39 is 24.1 Å². The number of likely N-dealkylation sites (tertiary alicyclic amines) is 1. The summed E-state index contributed by atoms with van der Waals surface area (Å²) in [4.78, 5) is 39.1. The quantitative estimate of drug-likeness (QED) is 0.559. The Bertz CT molecular complexity index is 760. The highest BCUT2D eigenvalue weighted by molar-refractivity contribution is 5.88. The van der Waals surface area contributed by atoms with Crippen LogP contribution in [0.25, 0.3) is 0 Å². The van der Waals surface area contributed by atoms with Crippen molar-refractivity contribution in [1.29, 1.82) is 0 Å². The van der Waals surface area contributed by atoms with E-state index in [1.54, 1.807) is 18.7 Å². The second kappa shape index (κ2) is 11.5. The standard InChI is InChI=1S/C23H32N2O5.ClH/c1-3-30-23(29)18(13-12-16-8-5-4-6-9-16)24-15(2)21(26)25-19-11-7-10-17(19)14-20(25)22(27)28;/h4-6,8-9,15,17-20,24H,3,7,10-14H2,1-2H3,(H,27,28);1H/t15-,17+,18-,19+,20?;/m0./s1. The Labute approximate surface area is 189 Å². The van der Waals surface area contributed by atoms with Crippen LogP contribution in [0.15, 0.2) is 30.3 Å². The number of ether oxygens (including phenoxy) is 1. The van der Waals surface area contributed by atoms with Crippen LogP contribution in [-0.4, -0.2) is 58.6 Å². The van der Waals surface area contributed by atoms with Crippen LogP contribution >= 0.6 is 12.4 Å².